The topological polar surface area (TPSA) is 55.1 Å². The van der Waals surface area contributed by atoms with Crippen molar-refractivity contribution < 1.29 is 13.6 Å². The molecule has 0 aromatic heterocycles. The lowest BCUT2D eigenvalue weighted by molar-refractivity contribution is -0.120. The molecule has 1 aliphatic rings. The fourth-order valence-corrected chi connectivity index (χ4v) is 1.71. The number of hydrogen-bond donors (Lipinski definition) is 2. The van der Waals surface area contributed by atoms with E-state index in [-0.39, 0.29) is 5.56 Å². The highest BCUT2D eigenvalue weighted by Crippen LogP contribution is 2.29. The molecule has 1 aromatic carbocycles. The second-order valence-corrected chi connectivity index (χ2v) is 4.33. The average molecular weight is 240 g/mol. The number of amides is 1. The molecule has 1 fully saturated rings. The van der Waals surface area contributed by atoms with Crippen molar-refractivity contribution in [2.24, 2.45) is 11.7 Å². The molecule has 0 saturated heterocycles. The van der Waals surface area contributed by atoms with Crippen LogP contribution in [0.4, 0.5) is 8.78 Å². The molecule has 0 radical (unpaired) electrons. The molecule has 1 atom stereocenters. The number of carbonyl (C=O) groups excluding carboxylic acids is 1. The van der Waals surface area contributed by atoms with E-state index < -0.39 is 23.6 Å². The van der Waals surface area contributed by atoms with E-state index in [2.05, 4.69) is 5.32 Å². The molecular formula is C12H14F2N2O. The van der Waals surface area contributed by atoms with Crippen LogP contribution in [-0.2, 0) is 4.79 Å². The summed E-state index contributed by atoms with van der Waals surface area (Å²) in [5, 5.41) is 2.88. The highest BCUT2D eigenvalue weighted by molar-refractivity contribution is 5.81. The van der Waals surface area contributed by atoms with Gasteiger partial charge in [0.05, 0.1) is 0 Å². The zero-order chi connectivity index (χ0) is 12.4. The molecular weight excluding hydrogens is 226 g/mol. The van der Waals surface area contributed by atoms with Gasteiger partial charge in [-0.1, -0.05) is 12.1 Å². The van der Waals surface area contributed by atoms with E-state index in [1.54, 1.807) is 0 Å². The standard InChI is InChI=1S/C12H14F2N2O/c13-9-3-1-2-8(10(9)14)11(12(15)17)16-6-7-4-5-7/h1-3,7,11,16H,4-6H2,(H2,15,17). The summed E-state index contributed by atoms with van der Waals surface area (Å²) in [6.45, 7) is 0.601. The Labute approximate surface area is 98.0 Å². The first-order valence-corrected chi connectivity index (χ1v) is 5.56. The summed E-state index contributed by atoms with van der Waals surface area (Å²) < 4.78 is 26.6. The monoisotopic (exact) mass is 240 g/mol. The molecule has 1 aromatic rings. The molecule has 17 heavy (non-hydrogen) atoms. The highest BCUT2D eigenvalue weighted by atomic mass is 19.2. The fraction of sp³-hybridized carbons (Fsp3) is 0.417. The van der Waals surface area contributed by atoms with E-state index >= 15 is 0 Å². The number of halogens is 2. The zero-order valence-electron chi connectivity index (χ0n) is 9.25. The van der Waals surface area contributed by atoms with Gasteiger partial charge in [0.25, 0.3) is 0 Å². The molecule has 1 amide bonds. The Morgan fingerprint density at radius 1 is 1.47 bits per heavy atom. The number of rotatable bonds is 5. The second-order valence-electron chi connectivity index (χ2n) is 4.33. The first-order chi connectivity index (χ1) is 8.09. The van der Waals surface area contributed by atoms with Crippen molar-refractivity contribution >= 4 is 5.91 Å². The maximum absolute atomic E-state index is 13.5. The summed E-state index contributed by atoms with van der Waals surface area (Å²) in [5.74, 6) is -2.16. The SMILES string of the molecule is NC(=O)C(NCC1CC1)c1cccc(F)c1F. The van der Waals surface area contributed by atoms with Gasteiger partial charge in [-0.25, -0.2) is 8.78 Å². The maximum atomic E-state index is 13.5. The lowest BCUT2D eigenvalue weighted by Crippen LogP contribution is -2.35. The van der Waals surface area contributed by atoms with Gasteiger partial charge in [-0.2, -0.15) is 0 Å². The molecule has 0 heterocycles. The third-order valence-corrected chi connectivity index (χ3v) is 2.88. The van der Waals surface area contributed by atoms with Crippen LogP contribution in [0.1, 0.15) is 24.4 Å². The molecule has 1 saturated carbocycles. The van der Waals surface area contributed by atoms with Gasteiger partial charge in [0.15, 0.2) is 11.6 Å². The van der Waals surface area contributed by atoms with E-state index in [9.17, 15) is 13.6 Å². The van der Waals surface area contributed by atoms with Crippen LogP contribution < -0.4 is 11.1 Å². The molecule has 0 aliphatic heterocycles. The van der Waals surface area contributed by atoms with E-state index in [4.69, 9.17) is 5.73 Å². The van der Waals surface area contributed by atoms with Crippen molar-refractivity contribution in [3.8, 4) is 0 Å². The second kappa shape index (κ2) is 4.79. The van der Waals surface area contributed by atoms with Crippen LogP contribution in [0.3, 0.4) is 0 Å². The van der Waals surface area contributed by atoms with Gasteiger partial charge in [0.1, 0.15) is 6.04 Å². The smallest absolute Gasteiger partial charge is 0.239 e. The number of benzene rings is 1. The Kier molecular flexibility index (Phi) is 3.38. The minimum Gasteiger partial charge on any atom is -0.368 e. The van der Waals surface area contributed by atoms with Gasteiger partial charge in [0.2, 0.25) is 5.91 Å². The molecule has 1 aliphatic carbocycles. The van der Waals surface area contributed by atoms with Gasteiger partial charge < -0.3 is 11.1 Å². The van der Waals surface area contributed by atoms with Crippen molar-refractivity contribution in [3.05, 3.63) is 35.4 Å². The lowest BCUT2D eigenvalue weighted by atomic mass is 10.1. The maximum Gasteiger partial charge on any atom is 0.239 e. The van der Waals surface area contributed by atoms with Crippen LogP contribution in [0.15, 0.2) is 18.2 Å². The minimum absolute atomic E-state index is 0.0295. The van der Waals surface area contributed by atoms with Crippen molar-refractivity contribution in [3.63, 3.8) is 0 Å². The number of nitrogens with one attached hydrogen (secondary N) is 1. The Morgan fingerprint density at radius 3 is 2.76 bits per heavy atom. The van der Waals surface area contributed by atoms with Gasteiger partial charge in [0, 0.05) is 5.56 Å². The summed E-state index contributed by atoms with van der Waals surface area (Å²) in [4.78, 5) is 11.3. The molecule has 3 nitrogen and oxygen atoms in total. The summed E-state index contributed by atoms with van der Waals surface area (Å²) in [6, 6.07) is 2.78. The number of carbonyl (C=O) groups is 1. The Morgan fingerprint density at radius 2 is 2.18 bits per heavy atom. The molecule has 1 unspecified atom stereocenters. The Hall–Kier alpha value is -1.49. The Bertz CT molecular complexity index is 433. The summed E-state index contributed by atoms with van der Waals surface area (Å²) >= 11 is 0. The van der Waals surface area contributed by atoms with Gasteiger partial charge in [-0.3, -0.25) is 4.79 Å². The molecule has 0 bridgehead atoms. The molecule has 0 spiro atoms. The van der Waals surface area contributed by atoms with Crippen molar-refractivity contribution in [2.75, 3.05) is 6.54 Å². The number of hydrogen-bond acceptors (Lipinski definition) is 2. The first-order valence-electron chi connectivity index (χ1n) is 5.56. The van der Waals surface area contributed by atoms with Crippen LogP contribution in [0, 0.1) is 17.6 Å². The average Bonchev–Trinajstić information content (AvgIpc) is 3.07. The molecule has 92 valence electrons. The number of nitrogens with two attached hydrogens (primary N) is 1. The molecule has 5 heteroatoms. The van der Waals surface area contributed by atoms with Gasteiger partial charge in [-0.15, -0.1) is 0 Å². The van der Waals surface area contributed by atoms with Gasteiger partial charge in [-0.05, 0) is 31.4 Å². The lowest BCUT2D eigenvalue weighted by Gasteiger charge is -2.16. The first kappa shape index (κ1) is 12.0. The minimum atomic E-state index is -1.01. The summed E-state index contributed by atoms with van der Waals surface area (Å²) in [6.07, 6.45) is 2.20. The quantitative estimate of drug-likeness (QED) is 0.819. The third kappa shape index (κ3) is 2.79. The molecule has 2 rings (SSSR count). The predicted molar refractivity (Wildman–Crippen MR) is 59.0 cm³/mol. The molecule has 3 N–H and O–H groups in total. The predicted octanol–water partition coefficient (Wildman–Crippen LogP) is 1.49. The van der Waals surface area contributed by atoms with Crippen LogP contribution in [-0.4, -0.2) is 12.5 Å². The summed E-state index contributed by atoms with van der Waals surface area (Å²) in [7, 11) is 0. The highest BCUT2D eigenvalue weighted by Gasteiger charge is 2.27. The van der Waals surface area contributed by atoms with E-state index in [1.807, 2.05) is 0 Å². The number of primary amides is 1. The normalized spacial score (nSPS) is 16.8. The van der Waals surface area contributed by atoms with Crippen molar-refractivity contribution in [2.45, 2.75) is 18.9 Å². The van der Waals surface area contributed by atoms with Crippen LogP contribution >= 0.6 is 0 Å². The van der Waals surface area contributed by atoms with Crippen molar-refractivity contribution in [1.82, 2.24) is 5.32 Å². The van der Waals surface area contributed by atoms with E-state index in [0.717, 1.165) is 18.9 Å². The largest absolute Gasteiger partial charge is 0.368 e. The van der Waals surface area contributed by atoms with Gasteiger partial charge >= 0.3 is 0 Å². The fourth-order valence-electron chi connectivity index (χ4n) is 1.71. The third-order valence-electron chi connectivity index (χ3n) is 2.88. The van der Waals surface area contributed by atoms with E-state index in [1.165, 1.54) is 12.1 Å². The Balaban J connectivity index is 2.18. The zero-order valence-corrected chi connectivity index (χ0v) is 9.25. The van der Waals surface area contributed by atoms with Crippen molar-refractivity contribution in [1.29, 1.82) is 0 Å². The summed E-state index contributed by atoms with van der Waals surface area (Å²) in [5.41, 5.74) is 5.17. The van der Waals surface area contributed by atoms with Crippen LogP contribution in [0.5, 0.6) is 0 Å². The van der Waals surface area contributed by atoms with Crippen LogP contribution in [0.2, 0.25) is 0 Å². The van der Waals surface area contributed by atoms with Crippen LogP contribution in [0.25, 0.3) is 0 Å². The van der Waals surface area contributed by atoms with E-state index in [0.29, 0.717) is 12.5 Å².